The van der Waals surface area contributed by atoms with Crippen LogP contribution in [0.4, 0.5) is 4.79 Å². The maximum atomic E-state index is 11.8. The van der Waals surface area contributed by atoms with Crippen molar-refractivity contribution in [1.82, 2.24) is 4.57 Å². The first-order valence-corrected chi connectivity index (χ1v) is 7.69. The molecule has 6 nitrogen and oxygen atoms in total. The van der Waals surface area contributed by atoms with Crippen LogP contribution in [0, 0.1) is 5.41 Å². The third kappa shape index (κ3) is 2.88. The molecule has 122 valence electrons. The number of para-hydroxylation sites is 1. The van der Waals surface area contributed by atoms with E-state index in [2.05, 4.69) is 0 Å². The molecular weight excluding hydrogens is 294 g/mol. The first kappa shape index (κ1) is 15.4. The Bertz CT molecular complexity index is 788. The van der Waals surface area contributed by atoms with Crippen LogP contribution in [0.5, 0.6) is 5.75 Å². The van der Waals surface area contributed by atoms with Gasteiger partial charge >= 0.3 is 6.03 Å². The second-order valence-corrected chi connectivity index (χ2v) is 6.76. The fraction of sp³-hybridized carbons (Fsp3) is 0.412. The number of amides is 2. The second kappa shape index (κ2) is 5.30. The van der Waals surface area contributed by atoms with Crippen molar-refractivity contribution in [2.45, 2.75) is 39.2 Å². The van der Waals surface area contributed by atoms with Crippen LogP contribution in [0.1, 0.15) is 32.3 Å². The van der Waals surface area contributed by atoms with E-state index in [1.54, 1.807) is 20.0 Å². The minimum atomic E-state index is -0.718. The van der Waals surface area contributed by atoms with Gasteiger partial charge in [0.1, 0.15) is 5.75 Å². The van der Waals surface area contributed by atoms with Crippen molar-refractivity contribution in [2.24, 2.45) is 16.9 Å². The van der Waals surface area contributed by atoms with Crippen LogP contribution in [0.2, 0.25) is 0 Å². The lowest BCUT2D eigenvalue weighted by molar-refractivity contribution is -0.125. The van der Waals surface area contributed by atoms with E-state index >= 15 is 0 Å². The molecule has 1 aromatic heterocycles. The van der Waals surface area contributed by atoms with Crippen LogP contribution in [0.15, 0.2) is 24.4 Å². The van der Waals surface area contributed by atoms with Crippen LogP contribution in [-0.4, -0.2) is 22.6 Å². The molecule has 0 bridgehead atoms. The Morgan fingerprint density at radius 3 is 2.57 bits per heavy atom. The number of benzene rings is 1. The highest BCUT2D eigenvalue weighted by atomic mass is 16.5. The number of fused-ring (bicyclic) bond motifs is 1. The number of aromatic nitrogens is 1. The number of hydrogen-bond acceptors (Lipinski definition) is 3. The molecule has 2 amide bonds. The topological polar surface area (TPSA) is 100 Å². The summed E-state index contributed by atoms with van der Waals surface area (Å²) in [4.78, 5) is 23.4. The summed E-state index contributed by atoms with van der Waals surface area (Å²) >= 11 is 0. The lowest BCUT2D eigenvalue weighted by atomic mass is 9.85. The molecule has 0 atom stereocenters. The van der Waals surface area contributed by atoms with Crippen LogP contribution < -0.4 is 16.2 Å². The maximum Gasteiger partial charge on any atom is 0.323 e. The molecule has 3 rings (SSSR count). The zero-order valence-electron chi connectivity index (χ0n) is 13.3. The monoisotopic (exact) mass is 315 g/mol. The standard InChI is InChI=1S/C17H21N3O3/c1-17(2,15(18)21)8-10-9-20(16(19)22)14-12(10)4-3-5-13(14)23-11-6-7-11/h3-5,9,11H,6-8H2,1-2H3,(H2,18,21)(H2,19,22). The van der Waals surface area contributed by atoms with Crippen molar-refractivity contribution >= 4 is 22.8 Å². The molecule has 0 radical (unpaired) electrons. The van der Waals surface area contributed by atoms with Gasteiger partial charge in [-0.25, -0.2) is 4.79 Å². The molecule has 1 aliphatic rings. The first-order valence-electron chi connectivity index (χ1n) is 7.69. The van der Waals surface area contributed by atoms with Crippen molar-refractivity contribution in [1.29, 1.82) is 0 Å². The molecule has 0 aliphatic heterocycles. The minimum absolute atomic E-state index is 0.210. The summed E-state index contributed by atoms with van der Waals surface area (Å²) < 4.78 is 7.29. The molecular formula is C17H21N3O3. The number of hydrogen-bond donors (Lipinski definition) is 2. The summed E-state index contributed by atoms with van der Waals surface area (Å²) in [5.74, 6) is 0.259. The normalized spacial score (nSPS) is 14.9. The van der Waals surface area contributed by atoms with Gasteiger partial charge in [0.15, 0.2) is 0 Å². The van der Waals surface area contributed by atoms with E-state index < -0.39 is 11.4 Å². The molecule has 0 saturated heterocycles. The Balaban J connectivity index is 2.12. The molecule has 23 heavy (non-hydrogen) atoms. The average molecular weight is 315 g/mol. The molecule has 0 spiro atoms. The highest BCUT2D eigenvalue weighted by molar-refractivity contribution is 5.97. The molecule has 1 fully saturated rings. The van der Waals surface area contributed by atoms with Gasteiger partial charge in [-0.1, -0.05) is 26.0 Å². The average Bonchev–Trinajstić information content (AvgIpc) is 3.20. The minimum Gasteiger partial charge on any atom is -0.488 e. The summed E-state index contributed by atoms with van der Waals surface area (Å²) in [7, 11) is 0. The van der Waals surface area contributed by atoms with Gasteiger partial charge in [0.05, 0.1) is 11.6 Å². The zero-order valence-corrected chi connectivity index (χ0v) is 13.3. The van der Waals surface area contributed by atoms with Gasteiger partial charge in [-0.05, 0) is 30.9 Å². The van der Waals surface area contributed by atoms with Crippen molar-refractivity contribution in [3.8, 4) is 5.75 Å². The van der Waals surface area contributed by atoms with E-state index in [4.69, 9.17) is 16.2 Å². The molecule has 2 aromatic rings. The van der Waals surface area contributed by atoms with E-state index in [1.165, 1.54) is 4.57 Å². The van der Waals surface area contributed by atoms with Gasteiger partial charge in [-0.15, -0.1) is 0 Å². The summed E-state index contributed by atoms with van der Waals surface area (Å²) in [5.41, 5.74) is 11.8. The van der Waals surface area contributed by atoms with E-state index in [-0.39, 0.29) is 12.0 Å². The number of nitrogens with zero attached hydrogens (tertiary/aromatic N) is 1. The highest BCUT2D eigenvalue weighted by Crippen LogP contribution is 2.36. The predicted molar refractivity (Wildman–Crippen MR) is 87.2 cm³/mol. The van der Waals surface area contributed by atoms with Gasteiger partial charge in [0, 0.05) is 17.0 Å². The molecule has 1 saturated carbocycles. The summed E-state index contributed by atoms with van der Waals surface area (Å²) in [6.45, 7) is 3.57. The van der Waals surface area contributed by atoms with E-state index in [1.807, 2.05) is 18.2 Å². The molecule has 0 unspecified atom stereocenters. The van der Waals surface area contributed by atoms with E-state index in [9.17, 15) is 9.59 Å². The summed E-state index contributed by atoms with van der Waals surface area (Å²) in [6, 6.07) is 5.04. The van der Waals surface area contributed by atoms with E-state index in [0.717, 1.165) is 23.8 Å². The van der Waals surface area contributed by atoms with Crippen molar-refractivity contribution < 1.29 is 14.3 Å². The Hall–Kier alpha value is -2.50. The highest BCUT2D eigenvalue weighted by Gasteiger charge is 2.29. The van der Waals surface area contributed by atoms with Crippen molar-refractivity contribution in [2.75, 3.05) is 0 Å². The fourth-order valence-corrected chi connectivity index (χ4v) is 2.66. The molecule has 1 aromatic carbocycles. The van der Waals surface area contributed by atoms with E-state index in [0.29, 0.717) is 17.7 Å². The molecule has 1 aliphatic carbocycles. The van der Waals surface area contributed by atoms with Gasteiger partial charge in [-0.2, -0.15) is 0 Å². The molecule has 4 N–H and O–H groups in total. The number of carbonyl (C=O) groups is 2. The van der Waals surface area contributed by atoms with Crippen LogP contribution in [0.25, 0.3) is 10.9 Å². The van der Waals surface area contributed by atoms with Crippen LogP contribution in [-0.2, 0) is 11.2 Å². The van der Waals surface area contributed by atoms with Crippen molar-refractivity contribution in [3.63, 3.8) is 0 Å². The number of primary amides is 2. The predicted octanol–water partition coefficient (Wildman–Crippen LogP) is 2.16. The fourth-order valence-electron chi connectivity index (χ4n) is 2.66. The van der Waals surface area contributed by atoms with Crippen molar-refractivity contribution in [3.05, 3.63) is 30.0 Å². The number of carbonyl (C=O) groups excluding carboxylic acids is 2. The Morgan fingerprint density at radius 2 is 2.00 bits per heavy atom. The summed E-state index contributed by atoms with van der Waals surface area (Å²) in [5, 5.41) is 0.858. The lowest BCUT2D eigenvalue weighted by Crippen LogP contribution is -2.33. The largest absolute Gasteiger partial charge is 0.488 e. The number of ether oxygens (including phenoxy) is 1. The Kier molecular flexibility index (Phi) is 3.55. The summed E-state index contributed by atoms with van der Waals surface area (Å²) in [6.07, 6.45) is 4.36. The Labute approximate surface area is 134 Å². The van der Waals surface area contributed by atoms with Gasteiger partial charge in [-0.3, -0.25) is 9.36 Å². The maximum absolute atomic E-state index is 11.8. The zero-order chi connectivity index (χ0) is 16.8. The number of nitrogens with two attached hydrogens (primary N) is 2. The van der Waals surface area contributed by atoms with Crippen LogP contribution >= 0.6 is 0 Å². The first-order chi connectivity index (χ1) is 10.8. The van der Waals surface area contributed by atoms with Gasteiger partial charge < -0.3 is 16.2 Å². The Morgan fingerprint density at radius 1 is 1.30 bits per heavy atom. The third-order valence-electron chi connectivity index (χ3n) is 4.23. The van der Waals surface area contributed by atoms with Crippen LogP contribution in [0.3, 0.4) is 0 Å². The second-order valence-electron chi connectivity index (χ2n) is 6.76. The third-order valence-corrected chi connectivity index (χ3v) is 4.23. The smallest absolute Gasteiger partial charge is 0.323 e. The lowest BCUT2D eigenvalue weighted by Gasteiger charge is -2.19. The quantitative estimate of drug-likeness (QED) is 0.884. The molecule has 1 heterocycles. The SMILES string of the molecule is CC(C)(Cc1cn(C(N)=O)c2c(OC3CC3)cccc12)C(N)=O. The van der Waals surface area contributed by atoms with Gasteiger partial charge in [0.25, 0.3) is 0 Å². The number of rotatable bonds is 5. The molecule has 6 heteroatoms. The van der Waals surface area contributed by atoms with Gasteiger partial charge in [0.2, 0.25) is 5.91 Å².